The first kappa shape index (κ1) is 14.3. The maximum Gasteiger partial charge on any atom is -0.00277 e. The van der Waals surface area contributed by atoms with Crippen LogP contribution in [0.15, 0.2) is 73.8 Å². The first-order valence-corrected chi connectivity index (χ1v) is 7.52. The molecule has 3 aromatic carbocycles. The summed E-state index contributed by atoms with van der Waals surface area (Å²) in [7, 11) is 0. The van der Waals surface area contributed by atoms with E-state index in [1.165, 1.54) is 33.0 Å². The fraction of sp³-hybridized carbons (Fsp3) is 0.0909. The second kappa shape index (κ2) is 5.65. The molecule has 0 unspecified atom stereocenters. The number of allylic oxidation sites excluding steroid dienone is 2. The van der Waals surface area contributed by atoms with Crippen molar-refractivity contribution in [2.45, 2.75) is 13.8 Å². The summed E-state index contributed by atoms with van der Waals surface area (Å²) in [4.78, 5) is 0. The van der Waals surface area contributed by atoms with E-state index in [4.69, 9.17) is 0 Å². The average molecular weight is 284 g/mol. The SMILES string of the molecule is C=C(C)c1cccc(C(=C)C)c1-c1cccc2ccccc12. The molecule has 0 amide bonds. The molecule has 3 aromatic rings. The van der Waals surface area contributed by atoms with Gasteiger partial charge >= 0.3 is 0 Å². The Balaban J connectivity index is 2.44. The van der Waals surface area contributed by atoms with Gasteiger partial charge < -0.3 is 0 Å². The lowest BCUT2D eigenvalue weighted by atomic mass is 9.87. The smallest absolute Gasteiger partial charge is 0.00277 e. The summed E-state index contributed by atoms with van der Waals surface area (Å²) < 4.78 is 0. The Morgan fingerprint density at radius 1 is 0.682 bits per heavy atom. The van der Waals surface area contributed by atoms with E-state index in [1.807, 2.05) is 0 Å². The predicted octanol–water partition coefficient (Wildman–Crippen LogP) is 6.57. The molecule has 0 fully saturated rings. The minimum atomic E-state index is 1.08. The molecule has 108 valence electrons. The third kappa shape index (κ3) is 2.37. The lowest BCUT2D eigenvalue weighted by molar-refractivity contribution is 1.51. The van der Waals surface area contributed by atoms with Crippen LogP contribution in [0.3, 0.4) is 0 Å². The Labute approximate surface area is 132 Å². The molecule has 0 aliphatic rings. The van der Waals surface area contributed by atoms with Crippen molar-refractivity contribution in [3.8, 4) is 11.1 Å². The fourth-order valence-corrected chi connectivity index (χ4v) is 3.00. The highest BCUT2D eigenvalue weighted by molar-refractivity contribution is 6.02. The highest BCUT2D eigenvalue weighted by Gasteiger charge is 2.14. The Kier molecular flexibility index (Phi) is 3.68. The normalized spacial score (nSPS) is 10.6. The van der Waals surface area contributed by atoms with E-state index < -0.39 is 0 Å². The molecule has 0 heteroatoms. The molecule has 3 rings (SSSR count). The van der Waals surface area contributed by atoms with Gasteiger partial charge in [-0.15, -0.1) is 0 Å². The van der Waals surface area contributed by atoms with Gasteiger partial charge in [0.15, 0.2) is 0 Å². The first-order valence-electron chi connectivity index (χ1n) is 7.52. The van der Waals surface area contributed by atoms with Gasteiger partial charge in [0.05, 0.1) is 0 Å². The number of hydrogen-bond donors (Lipinski definition) is 0. The van der Waals surface area contributed by atoms with Gasteiger partial charge in [0.25, 0.3) is 0 Å². The zero-order valence-corrected chi connectivity index (χ0v) is 13.2. The van der Waals surface area contributed by atoms with Crippen LogP contribution in [0.25, 0.3) is 33.0 Å². The van der Waals surface area contributed by atoms with Gasteiger partial charge in [-0.3, -0.25) is 0 Å². The fourth-order valence-electron chi connectivity index (χ4n) is 3.00. The van der Waals surface area contributed by atoms with Gasteiger partial charge in [-0.05, 0) is 46.9 Å². The predicted molar refractivity (Wildman–Crippen MR) is 98.8 cm³/mol. The van der Waals surface area contributed by atoms with Crippen LogP contribution < -0.4 is 0 Å². The van der Waals surface area contributed by atoms with Crippen molar-refractivity contribution in [1.82, 2.24) is 0 Å². The Hall–Kier alpha value is -2.60. The Morgan fingerprint density at radius 3 is 1.86 bits per heavy atom. The van der Waals surface area contributed by atoms with Crippen LogP contribution in [0.2, 0.25) is 0 Å². The van der Waals surface area contributed by atoms with Crippen molar-refractivity contribution in [1.29, 1.82) is 0 Å². The maximum absolute atomic E-state index is 4.16. The lowest BCUT2D eigenvalue weighted by Crippen LogP contribution is -1.93. The molecule has 0 saturated carbocycles. The van der Waals surface area contributed by atoms with Crippen molar-refractivity contribution >= 4 is 21.9 Å². The molecule has 0 saturated heterocycles. The number of hydrogen-bond acceptors (Lipinski definition) is 0. The van der Waals surface area contributed by atoms with Crippen molar-refractivity contribution in [3.63, 3.8) is 0 Å². The molecule has 0 spiro atoms. The largest absolute Gasteiger partial charge is 0.0955 e. The third-order valence-corrected chi connectivity index (χ3v) is 4.04. The topological polar surface area (TPSA) is 0 Å². The van der Waals surface area contributed by atoms with Crippen LogP contribution in [0.1, 0.15) is 25.0 Å². The summed E-state index contributed by atoms with van der Waals surface area (Å²) in [6.07, 6.45) is 0. The van der Waals surface area contributed by atoms with E-state index in [9.17, 15) is 0 Å². The summed E-state index contributed by atoms with van der Waals surface area (Å²) in [5, 5.41) is 2.52. The van der Waals surface area contributed by atoms with Crippen molar-refractivity contribution < 1.29 is 0 Å². The van der Waals surface area contributed by atoms with Crippen LogP contribution in [0.5, 0.6) is 0 Å². The molecular formula is C22H20. The standard InChI is InChI=1S/C22H20/c1-15(2)18-12-8-13-19(16(3)4)22(18)21-14-7-10-17-9-5-6-11-20(17)21/h5-14H,1,3H2,2,4H3. The van der Waals surface area contributed by atoms with Crippen molar-refractivity contribution in [3.05, 3.63) is 84.9 Å². The van der Waals surface area contributed by atoms with Crippen LogP contribution in [0, 0.1) is 0 Å². The van der Waals surface area contributed by atoms with Crippen LogP contribution in [-0.2, 0) is 0 Å². The molecule has 0 aliphatic carbocycles. The molecule has 0 nitrogen and oxygen atoms in total. The summed E-state index contributed by atoms with van der Waals surface area (Å²) in [6, 6.07) is 21.4. The summed E-state index contributed by atoms with van der Waals surface area (Å²) in [6.45, 7) is 12.4. The highest BCUT2D eigenvalue weighted by atomic mass is 14.2. The van der Waals surface area contributed by atoms with Gasteiger partial charge in [0, 0.05) is 0 Å². The number of rotatable bonds is 3. The van der Waals surface area contributed by atoms with Gasteiger partial charge in [-0.1, -0.05) is 85.0 Å². The van der Waals surface area contributed by atoms with E-state index in [2.05, 4.69) is 87.7 Å². The summed E-state index contributed by atoms with van der Waals surface area (Å²) >= 11 is 0. The monoisotopic (exact) mass is 284 g/mol. The number of fused-ring (bicyclic) bond motifs is 1. The Morgan fingerprint density at radius 2 is 1.23 bits per heavy atom. The van der Waals surface area contributed by atoms with Gasteiger partial charge in [0.1, 0.15) is 0 Å². The van der Waals surface area contributed by atoms with Gasteiger partial charge in [0.2, 0.25) is 0 Å². The molecule has 22 heavy (non-hydrogen) atoms. The molecule has 0 aromatic heterocycles. The molecule has 0 atom stereocenters. The molecule has 0 radical (unpaired) electrons. The van der Waals surface area contributed by atoms with Crippen LogP contribution >= 0.6 is 0 Å². The van der Waals surface area contributed by atoms with Gasteiger partial charge in [-0.25, -0.2) is 0 Å². The summed E-state index contributed by atoms with van der Waals surface area (Å²) in [5.41, 5.74) is 7.01. The third-order valence-electron chi connectivity index (χ3n) is 4.04. The van der Waals surface area contributed by atoms with Crippen molar-refractivity contribution in [2.24, 2.45) is 0 Å². The first-order chi connectivity index (χ1) is 10.6. The zero-order chi connectivity index (χ0) is 15.7. The molecular weight excluding hydrogens is 264 g/mol. The average Bonchev–Trinajstić information content (AvgIpc) is 2.53. The van der Waals surface area contributed by atoms with E-state index in [1.54, 1.807) is 0 Å². The highest BCUT2D eigenvalue weighted by Crippen LogP contribution is 2.38. The summed E-state index contributed by atoms with van der Waals surface area (Å²) in [5.74, 6) is 0. The second-order valence-corrected chi connectivity index (χ2v) is 5.82. The van der Waals surface area contributed by atoms with Crippen LogP contribution in [0.4, 0.5) is 0 Å². The van der Waals surface area contributed by atoms with E-state index >= 15 is 0 Å². The van der Waals surface area contributed by atoms with Crippen LogP contribution in [-0.4, -0.2) is 0 Å². The minimum Gasteiger partial charge on any atom is -0.0955 e. The quantitative estimate of drug-likeness (QED) is 0.510. The zero-order valence-electron chi connectivity index (χ0n) is 13.2. The molecule has 0 aliphatic heterocycles. The maximum atomic E-state index is 4.16. The Bertz CT molecular complexity index is 844. The van der Waals surface area contributed by atoms with E-state index in [-0.39, 0.29) is 0 Å². The molecule has 0 heterocycles. The minimum absolute atomic E-state index is 1.08. The second-order valence-electron chi connectivity index (χ2n) is 5.82. The van der Waals surface area contributed by atoms with E-state index in [0.29, 0.717) is 0 Å². The number of benzene rings is 3. The lowest BCUT2D eigenvalue weighted by Gasteiger charge is -2.17. The van der Waals surface area contributed by atoms with Crippen molar-refractivity contribution in [2.75, 3.05) is 0 Å². The van der Waals surface area contributed by atoms with Gasteiger partial charge in [-0.2, -0.15) is 0 Å². The molecule has 0 bridgehead atoms. The molecule has 0 N–H and O–H groups in total. The van der Waals surface area contributed by atoms with E-state index in [0.717, 1.165) is 11.1 Å².